The van der Waals surface area contributed by atoms with Gasteiger partial charge in [0.05, 0.1) is 17.2 Å². The molecule has 0 fully saturated rings. The average Bonchev–Trinajstić information content (AvgIpc) is 2.46. The third-order valence-corrected chi connectivity index (χ3v) is 4.42. The first-order valence-electron chi connectivity index (χ1n) is 6.10. The first-order valence-corrected chi connectivity index (χ1v) is 8.26. The van der Waals surface area contributed by atoms with Crippen molar-refractivity contribution in [3.05, 3.63) is 57.5 Å². The van der Waals surface area contributed by atoms with Crippen LogP contribution in [0.3, 0.4) is 0 Å². The summed E-state index contributed by atoms with van der Waals surface area (Å²) in [4.78, 5) is 11.9. The van der Waals surface area contributed by atoms with Crippen LogP contribution in [0, 0.1) is 0 Å². The lowest BCUT2D eigenvalue weighted by Gasteiger charge is -2.07. The molecule has 0 atom stereocenters. The van der Waals surface area contributed by atoms with Gasteiger partial charge in [-0.15, -0.1) is 11.8 Å². The van der Waals surface area contributed by atoms with Crippen molar-refractivity contribution in [3.63, 3.8) is 0 Å². The first-order chi connectivity index (χ1) is 10.1. The van der Waals surface area contributed by atoms with E-state index < -0.39 is 5.97 Å². The van der Waals surface area contributed by atoms with Gasteiger partial charge >= 0.3 is 5.97 Å². The van der Waals surface area contributed by atoms with Gasteiger partial charge in [-0.1, -0.05) is 27.5 Å². The highest BCUT2D eigenvalue weighted by Gasteiger charge is 2.09. The van der Waals surface area contributed by atoms with Crippen molar-refractivity contribution >= 4 is 45.3 Å². The van der Waals surface area contributed by atoms with Crippen molar-refractivity contribution in [1.29, 1.82) is 0 Å². The summed E-state index contributed by atoms with van der Waals surface area (Å²) < 4.78 is 6.61. The number of thioether (sulfide) groups is 1. The highest BCUT2D eigenvalue weighted by atomic mass is 79.9. The van der Waals surface area contributed by atoms with Crippen LogP contribution in [0.5, 0.6) is 5.75 Å². The van der Waals surface area contributed by atoms with E-state index >= 15 is 0 Å². The second-order valence-corrected chi connectivity index (χ2v) is 6.59. The molecular formula is C15H12BrClO3S. The van der Waals surface area contributed by atoms with E-state index in [-0.39, 0.29) is 10.6 Å². The number of carboxylic acid groups (broad SMARTS) is 1. The first kappa shape index (κ1) is 16.2. The molecule has 0 unspecified atom stereocenters. The lowest BCUT2D eigenvalue weighted by atomic mass is 10.2. The molecule has 0 saturated carbocycles. The molecule has 0 bridgehead atoms. The van der Waals surface area contributed by atoms with Crippen molar-refractivity contribution in [2.45, 2.75) is 4.90 Å². The van der Waals surface area contributed by atoms with Crippen molar-refractivity contribution in [2.75, 3.05) is 12.4 Å². The number of aromatic carboxylic acids is 1. The maximum Gasteiger partial charge on any atom is 0.337 e. The minimum Gasteiger partial charge on any atom is -0.493 e. The largest absolute Gasteiger partial charge is 0.493 e. The van der Waals surface area contributed by atoms with Gasteiger partial charge in [0.1, 0.15) is 5.75 Å². The Morgan fingerprint density at radius 3 is 2.62 bits per heavy atom. The van der Waals surface area contributed by atoms with Crippen LogP contribution in [0.4, 0.5) is 0 Å². The zero-order valence-corrected chi connectivity index (χ0v) is 14.0. The number of rotatable bonds is 6. The van der Waals surface area contributed by atoms with E-state index in [1.807, 2.05) is 24.3 Å². The number of benzene rings is 2. The Morgan fingerprint density at radius 2 is 1.95 bits per heavy atom. The molecule has 2 aromatic carbocycles. The molecule has 0 aliphatic rings. The van der Waals surface area contributed by atoms with Crippen molar-refractivity contribution < 1.29 is 14.6 Å². The quantitative estimate of drug-likeness (QED) is 0.561. The molecule has 0 saturated heterocycles. The van der Waals surface area contributed by atoms with E-state index in [4.69, 9.17) is 21.4 Å². The van der Waals surface area contributed by atoms with Crippen molar-refractivity contribution in [3.8, 4) is 5.75 Å². The average molecular weight is 388 g/mol. The van der Waals surface area contributed by atoms with E-state index in [1.54, 1.807) is 18.2 Å². The fourth-order valence-corrected chi connectivity index (χ4v) is 2.84. The van der Waals surface area contributed by atoms with Crippen molar-refractivity contribution in [2.24, 2.45) is 0 Å². The Bertz CT molecular complexity index is 631. The summed E-state index contributed by atoms with van der Waals surface area (Å²) in [5.41, 5.74) is 0.121. The zero-order valence-electron chi connectivity index (χ0n) is 10.9. The Kier molecular flexibility index (Phi) is 5.96. The molecule has 0 spiro atoms. The summed E-state index contributed by atoms with van der Waals surface area (Å²) in [7, 11) is 0. The van der Waals surface area contributed by atoms with Gasteiger partial charge in [-0.2, -0.15) is 0 Å². The van der Waals surface area contributed by atoms with Crippen LogP contribution in [0.2, 0.25) is 5.02 Å². The van der Waals surface area contributed by atoms with Gasteiger partial charge in [0.2, 0.25) is 0 Å². The Morgan fingerprint density at radius 1 is 1.24 bits per heavy atom. The number of carbonyl (C=O) groups is 1. The van der Waals surface area contributed by atoms with Crippen LogP contribution in [0.1, 0.15) is 10.4 Å². The highest BCUT2D eigenvalue weighted by Crippen LogP contribution is 2.25. The van der Waals surface area contributed by atoms with E-state index in [1.165, 1.54) is 11.8 Å². The smallest absolute Gasteiger partial charge is 0.337 e. The third-order valence-electron chi connectivity index (χ3n) is 2.60. The SMILES string of the molecule is O=C(O)c1cc(SCCOc2ccc(Br)cc2)ccc1Cl. The molecule has 0 heterocycles. The molecule has 110 valence electrons. The van der Waals surface area contributed by atoms with Gasteiger partial charge in [0.25, 0.3) is 0 Å². The topological polar surface area (TPSA) is 46.5 Å². The third kappa shape index (κ3) is 4.95. The van der Waals surface area contributed by atoms with E-state index in [0.717, 1.165) is 20.9 Å². The van der Waals surface area contributed by atoms with Gasteiger partial charge in [-0.05, 0) is 42.5 Å². The maximum atomic E-state index is 11.0. The highest BCUT2D eigenvalue weighted by molar-refractivity contribution is 9.10. The summed E-state index contributed by atoms with van der Waals surface area (Å²) in [6.07, 6.45) is 0. The number of hydrogen-bond donors (Lipinski definition) is 1. The number of hydrogen-bond acceptors (Lipinski definition) is 3. The van der Waals surface area contributed by atoms with Gasteiger partial charge in [-0.25, -0.2) is 4.79 Å². The van der Waals surface area contributed by atoms with Crippen LogP contribution < -0.4 is 4.74 Å². The summed E-state index contributed by atoms with van der Waals surface area (Å²) in [6, 6.07) is 12.6. The summed E-state index contributed by atoms with van der Waals surface area (Å²) >= 11 is 10.7. The van der Waals surface area contributed by atoms with E-state index in [9.17, 15) is 4.79 Å². The lowest BCUT2D eigenvalue weighted by Crippen LogP contribution is -2.01. The Balaban J connectivity index is 1.85. The number of halogens is 2. The molecule has 0 aromatic heterocycles. The molecule has 2 aromatic rings. The molecule has 6 heteroatoms. The fraction of sp³-hybridized carbons (Fsp3) is 0.133. The summed E-state index contributed by atoms with van der Waals surface area (Å²) in [5.74, 6) is 0.506. The molecule has 2 rings (SSSR count). The van der Waals surface area contributed by atoms with E-state index in [0.29, 0.717) is 6.61 Å². The molecule has 3 nitrogen and oxygen atoms in total. The summed E-state index contributed by atoms with van der Waals surface area (Å²) in [5, 5.41) is 9.26. The van der Waals surface area contributed by atoms with Gasteiger partial charge in [0.15, 0.2) is 0 Å². The Labute approximate surface area is 140 Å². The lowest BCUT2D eigenvalue weighted by molar-refractivity contribution is 0.0697. The van der Waals surface area contributed by atoms with Gasteiger partial charge in [0, 0.05) is 15.1 Å². The van der Waals surface area contributed by atoms with Crippen LogP contribution in [-0.4, -0.2) is 23.4 Å². The number of carboxylic acids is 1. The van der Waals surface area contributed by atoms with Crippen LogP contribution in [-0.2, 0) is 0 Å². The second kappa shape index (κ2) is 7.73. The van der Waals surface area contributed by atoms with Crippen LogP contribution >= 0.6 is 39.3 Å². The fourth-order valence-electron chi connectivity index (χ4n) is 1.61. The van der Waals surface area contributed by atoms with Crippen molar-refractivity contribution in [1.82, 2.24) is 0 Å². The maximum absolute atomic E-state index is 11.0. The minimum atomic E-state index is -1.02. The molecule has 0 amide bonds. The predicted molar refractivity (Wildman–Crippen MR) is 88.8 cm³/mol. The minimum absolute atomic E-state index is 0.121. The zero-order chi connectivity index (χ0) is 15.2. The normalized spacial score (nSPS) is 10.4. The van der Waals surface area contributed by atoms with Crippen LogP contribution in [0.15, 0.2) is 51.8 Å². The molecule has 21 heavy (non-hydrogen) atoms. The molecule has 0 aliphatic carbocycles. The molecular weight excluding hydrogens is 376 g/mol. The molecule has 0 aliphatic heterocycles. The summed E-state index contributed by atoms with van der Waals surface area (Å²) in [6.45, 7) is 0.539. The number of ether oxygens (including phenoxy) is 1. The second-order valence-electron chi connectivity index (χ2n) is 4.10. The molecule has 1 N–H and O–H groups in total. The standard InChI is InChI=1S/C15H12BrClO3S/c16-10-1-3-11(4-2-10)20-7-8-21-12-5-6-14(17)13(9-12)15(18)19/h1-6,9H,7-8H2,(H,18,19). The Hall–Kier alpha value is -1.17. The molecule has 0 radical (unpaired) electrons. The van der Waals surface area contributed by atoms with Gasteiger partial charge < -0.3 is 9.84 Å². The van der Waals surface area contributed by atoms with Gasteiger partial charge in [-0.3, -0.25) is 0 Å². The monoisotopic (exact) mass is 386 g/mol. The van der Waals surface area contributed by atoms with Crippen LogP contribution in [0.25, 0.3) is 0 Å². The predicted octanol–water partition coefficient (Wildman–Crippen LogP) is 4.97. The van der Waals surface area contributed by atoms with E-state index in [2.05, 4.69) is 15.9 Å².